The van der Waals surface area contributed by atoms with Gasteiger partial charge in [-0.3, -0.25) is 4.90 Å². The van der Waals surface area contributed by atoms with Gasteiger partial charge in [0.05, 0.1) is 13.0 Å². The Morgan fingerprint density at radius 2 is 1.25 bits per heavy atom. The normalized spacial score (nSPS) is 27.8. The van der Waals surface area contributed by atoms with Gasteiger partial charge in [0.25, 0.3) is 0 Å². The predicted molar refractivity (Wildman–Crippen MR) is 92.2 cm³/mol. The number of hydrogen-bond acceptors (Lipinski definition) is 4. The van der Waals surface area contributed by atoms with Crippen LogP contribution < -0.4 is 0 Å². The first-order chi connectivity index (χ1) is 14.3. The molecule has 2 bridgehead atoms. The third-order valence-corrected chi connectivity index (χ3v) is 8.59. The second-order valence-electron chi connectivity index (χ2n) is 6.93. The minimum absolute atomic E-state index is 0.0728. The van der Waals surface area contributed by atoms with Crippen molar-refractivity contribution < 1.29 is 66.3 Å². The van der Waals surface area contributed by atoms with E-state index in [2.05, 4.69) is 0 Å². The second kappa shape index (κ2) is 9.19. The topological polar surface area (TPSA) is 30.9 Å². The first kappa shape index (κ1) is 28.2. The van der Waals surface area contributed by atoms with Crippen LogP contribution in [0.1, 0.15) is 6.42 Å². The summed E-state index contributed by atoms with van der Waals surface area (Å²) in [5, 5.41) is 0. The number of hydrogen-bond donors (Lipinski definition) is 0. The summed E-state index contributed by atoms with van der Waals surface area (Å²) in [7, 11) is -3.07. The van der Waals surface area contributed by atoms with E-state index in [9.17, 15) is 52.7 Å². The molecule has 4 nitrogen and oxygen atoms in total. The van der Waals surface area contributed by atoms with Gasteiger partial charge in [-0.2, -0.15) is 43.9 Å². The molecule has 18 heteroatoms. The molecule has 1 atom stereocenters. The van der Waals surface area contributed by atoms with E-state index < -0.39 is 55.0 Å². The fraction of sp³-hybridized carbons (Fsp3) is 1.00. The quantitative estimate of drug-likeness (QED) is 0.182. The fourth-order valence-corrected chi connectivity index (χ4v) is 6.10. The first-order valence-electron chi connectivity index (χ1n) is 8.69. The van der Waals surface area contributed by atoms with Crippen molar-refractivity contribution in [3.8, 4) is 0 Å². The summed E-state index contributed by atoms with van der Waals surface area (Å²) >= 11 is 1.03. The number of ether oxygens (including phenoxy) is 1. The van der Waals surface area contributed by atoms with Crippen molar-refractivity contribution in [1.29, 1.82) is 0 Å². The zero-order chi connectivity index (χ0) is 24.8. The van der Waals surface area contributed by atoms with Crippen molar-refractivity contribution in [3.63, 3.8) is 0 Å². The molecule has 1 radical (unpaired) electrons. The van der Waals surface area contributed by atoms with E-state index in [1.807, 2.05) is 0 Å². The zero-order valence-corrected chi connectivity index (χ0v) is 18.8. The molecule has 3 rings (SSSR count). The molecule has 3 aliphatic heterocycles. The lowest BCUT2D eigenvalue weighted by atomic mass is 9.93. The van der Waals surface area contributed by atoms with E-state index in [1.54, 1.807) is 4.90 Å². The molecule has 0 aromatic heterocycles. The molecule has 0 spiro atoms. The van der Waals surface area contributed by atoms with Crippen LogP contribution in [0.5, 0.6) is 0 Å². The Balaban J connectivity index is 2.41. The number of alkyl halides is 13. The molecule has 0 aromatic carbocycles. The van der Waals surface area contributed by atoms with Gasteiger partial charge in [0.15, 0.2) is 3.23 Å². The lowest BCUT2D eigenvalue weighted by Crippen LogP contribution is -2.69. The Morgan fingerprint density at radius 3 is 1.72 bits per heavy atom. The third-order valence-electron chi connectivity index (χ3n) is 4.71. The predicted octanol–water partition coefficient (Wildman–Crippen LogP) is 4.36. The van der Waals surface area contributed by atoms with Crippen molar-refractivity contribution in [1.82, 2.24) is 4.90 Å². The van der Waals surface area contributed by atoms with Crippen LogP contribution in [0.2, 0.25) is 0 Å². The van der Waals surface area contributed by atoms with E-state index in [1.165, 1.54) is 0 Å². The second-order valence-corrected chi connectivity index (χ2v) is 11.7. The summed E-state index contributed by atoms with van der Waals surface area (Å²) in [6.45, 7) is -0.0519. The minimum atomic E-state index is -7.58. The molecule has 0 N–H and O–H groups in total. The van der Waals surface area contributed by atoms with Crippen LogP contribution in [0.25, 0.3) is 0 Å². The standard InChI is InChI=1S/C14H15F12INO3Si/c15-8(16)11(19,20)13(23,24)14(25,26)12(21,22)9(17,18)7-10(27)29-4-1-28-2-5-30-32(10)31-6-3-28/h8H,1-7H2. The van der Waals surface area contributed by atoms with E-state index in [0.717, 1.165) is 22.6 Å². The Morgan fingerprint density at radius 1 is 0.781 bits per heavy atom. The molecular formula is C14H15F12INO3Si. The molecule has 3 saturated heterocycles. The van der Waals surface area contributed by atoms with E-state index >= 15 is 0 Å². The number of fused-ring (bicyclic) bond motifs is 7. The van der Waals surface area contributed by atoms with Crippen LogP contribution in [0.15, 0.2) is 0 Å². The minimum Gasteiger partial charge on any atom is -0.390 e. The monoisotopic (exact) mass is 628 g/mol. The lowest BCUT2D eigenvalue weighted by Gasteiger charge is -2.41. The van der Waals surface area contributed by atoms with Gasteiger partial charge in [-0.15, -0.1) is 0 Å². The number of halogens is 13. The highest BCUT2D eigenvalue weighted by Gasteiger charge is 2.88. The van der Waals surface area contributed by atoms with E-state index in [0.29, 0.717) is 0 Å². The maximum Gasteiger partial charge on any atom is 0.431 e. The average Bonchev–Trinajstić information content (AvgIpc) is 2.73. The smallest absolute Gasteiger partial charge is 0.390 e. The zero-order valence-electron chi connectivity index (χ0n) is 15.6. The molecule has 32 heavy (non-hydrogen) atoms. The molecule has 3 heterocycles. The highest BCUT2D eigenvalue weighted by molar-refractivity contribution is 14.1. The number of nitrogens with zero attached hydrogens (tertiary/aromatic N) is 1. The first-order valence-corrected chi connectivity index (χ1v) is 11.1. The summed E-state index contributed by atoms with van der Waals surface area (Å²) in [6.07, 6.45) is -7.95. The van der Waals surface area contributed by atoms with Crippen LogP contribution in [-0.2, 0) is 13.6 Å². The van der Waals surface area contributed by atoms with Gasteiger partial charge in [-0.1, -0.05) is 0 Å². The van der Waals surface area contributed by atoms with Crippen LogP contribution >= 0.6 is 22.6 Å². The summed E-state index contributed by atoms with van der Waals surface area (Å²) in [4.78, 5) is 1.69. The molecule has 3 fully saturated rings. The van der Waals surface area contributed by atoms with Crippen molar-refractivity contribution in [3.05, 3.63) is 0 Å². The Labute approximate surface area is 188 Å². The largest absolute Gasteiger partial charge is 0.431 e. The van der Waals surface area contributed by atoms with Gasteiger partial charge in [0.2, 0.25) is 0 Å². The highest BCUT2D eigenvalue weighted by Crippen LogP contribution is 2.60. The molecule has 0 amide bonds. The molecule has 3 aliphatic rings. The third kappa shape index (κ3) is 4.72. The summed E-state index contributed by atoms with van der Waals surface area (Å²) in [5.41, 5.74) is 0. The van der Waals surface area contributed by atoms with Gasteiger partial charge in [0, 0.05) is 32.8 Å². The summed E-state index contributed by atoms with van der Waals surface area (Å²) in [5.74, 6) is -35.5. The van der Waals surface area contributed by atoms with Crippen LogP contribution in [-0.4, -0.2) is 92.9 Å². The molecule has 189 valence electrons. The maximum absolute atomic E-state index is 14.4. The highest BCUT2D eigenvalue weighted by atomic mass is 127. The van der Waals surface area contributed by atoms with Gasteiger partial charge in [0.1, 0.15) is 0 Å². The van der Waals surface area contributed by atoms with Crippen molar-refractivity contribution in [2.45, 2.75) is 45.7 Å². The van der Waals surface area contributed by atoms with Gasteiger partial charge in [-0.25, -0.2) is 8.78 Å². The fourth-order valence-electron chi connectivity index (χ4n) is 2.82. The molecule has 0 aliphatic carbocycles. The van der Waals surface area contributed by atoms with E-state index in [4.69, 9.17) is 13.6 Å². The SMILES string of the molecule is FC(F)C(F)(F)C(F)(F)C(F)(F)C(F)(F)C(F)(F)CC1(I)OCCN2CCO[Si]1OCC2. The van der Waals surface area contributed by atoms with Crippen LogP contribution in [0, 0.1) is 0 Å². The van der Waals surface area contributed by atoms with Crippen LogP contribution in [0.4, 0.5) is 52.7 Å². The molecular weight excluding hydrogens is 613 g/mol. The Hall–Kier alpha value is -0.0531. The van der Waals surface area contributed by atoms with Crippen LogP contribution in [0.3, 0.4) is 0 Å². The molecule has 0 saturated carbocycles. The molecule has 1 unspecified atom stereocenters. The number of rotatable bonds is 7. The van der Waals surface area contributed by atoms with Gasteiger partial charge < -0.3 is 13.6 Å². The van der Waals surface area contributed by atoms with Crippen molar-refractivity contribution in [2.75, 3.05) is 39.5 Å². The Bertz CT molecular complexity index is 663. The Kier molecular flexibility index (Phi) is 8.10. The van der Waals surface area contributed by atoms with E-state index in [-0.39, 0.29) is 39.5 Å². The summed E-state index contributed by atoms with van der Waals surface area (Å²) < 4.78 is 175. The summed E-state index contributed by atoms with van der Waals surface area (Å²) in [6, 6.07) is 0. The lowest BCUT2D eigenvalue weighted by molar-refractivity contribution is -0.414. The van der Waals surface area contributed by atoms with Gasteiger partial charge in [-0.05, 0) is 22.6 Å². The van der Waals surface area contributed by atoms with Gasteiger partial charge >= 0.3 is 45.3 Å². The molecule has 0 aromatic rings. The van der Waals surface area contributed by atoms with Crippen molar-refractivity contribution >= 4 is 31.9 Å². The van der Waals surface area contributed by atoms with Crippen molar-refractivity contribution in [2.24, 2.45) is 0 Å². The maximum atomic E-state index is 14.4. The average molecular weight is 628 g/mol.